The second-order valence-electron chi connectivity index (χ2n) is 6.73. The summed E-state index contributed by atoms with van der Waals surface area (Å²) in [6.07, 6.45) is 3.82. The highest BCUT2D eigenvalue weighted by molar-refractivity contribution is 7.89. The molecule has 2 N–H and O–H groups in total. The molecule has 0 unspecified atom stereocenters. The van der Waals surface area contributed by atoms with Gasteiger partial charge in [-0.1, -0.05) is 18.0 Å². The number of hydrogen-bond donors (Lipinski definition) is 3. The van der Waals surface area contributed by atoms with Gasteiger partial charge in [0.2, 0.25) is 10.0 Å². The van der Waals surface area contributed by atoms with Gasteiger partial charge in [0, 0.05) is 11.6 Å². The van der Waals surface area contributed by atoms with Gasteiger partial charge in [0.15, 0.2) is 5.16 Å². The molecule has 4 rings (SSSR count). The Labute approximate surface area is 157 Å². The second kappa shape index (κ2) is 6.40. The van der Waals surface area contributed by atoms with E-state index in [-0.39, 0.29) is 10.9 Å². The molecule has 0 radical (unpaired) electrons. The molecular weight excluding hydrogens is 372 g/mol. The number of aromatic amines is 1. The molecule has 7 nitrogen and oxygen atoms in total. The summed E-state index contributed by atoms with van der Waals surface area (Å²) >= 11 is 4.24. The van der Waals surface area contributed by atoms with E-state index in [4.69, 9.17) is 4.52 Å². The van der Waals surface area contributed by atoms with Gasteiger partial charge in [-0.05, 0) is 44.4 Å². The molecule has 0 aliphatic heterocycles. The lowest BCUT2D eigenvalue weighted by atomic mass is 10.0. The summed E-state index contributed by atoms with van der Waals surface area (Å²) in [6.45, 7) is 3.64. The average Bonchev–Trinajstić information content (AvgIpc) is 3.26. The summed E-state index contributed by atoms with van der Waals surface area (Å²) in [4.78, 5) is 7.43. The number of aromatic nitrogens is 3. The Morgan fingerprint density at radius 1 is 1.27 bits per heavy atom. The van der Waals surface area contributed by atoms with Gasteiger partial charge in [0.1, 0.15) is 16.2 Å². The Morgan fingerprint density at radius 3 is 2.65 bits per heavy atom. The zero-order valence-electron chi connectivity index (χ0n) is 14.5. The fourth-order valence-corrected chi connectivity index (χ4v) is 5.36. The fraction of sp³-hybridized carbons (Fsp3) is 0.412. The van der Waals surface area contributed by atoms with Crippen LogP contribution >= 0.6 is 12.6 Å². The highest BCUT2D eigenvalue weighted by atomic mass is 32.2. The smallest absolute Gasteiger partial charge is 0.243 e. The van der Waals surface area contributed by atoms with Crippen molar-refractivity contribution in [3.05, 3.63) is 23.6 Å². The van der Waals surface area contributed by atoms with Gasteiger partial charge in [-0.2, -0.15) is 0 Å². The lowest BCUT2D eigenvalue weighted by molar-refractivity contribution is 0.393. The quantitative estimate of drug-likeness (QED) is 0.591. The third-order valence-electron chi connectivity index (χ3n) is 4.83. The topological polar surface area (TPSA) is 101 Å². The molecule has 0 saturated heterocycles. The van der Waals surface area contributed by atoms with Crippen LogP contribution < -0.4 is 4.72 Å². The Morgan fingerprint density at radius 2 is 2.00 bits per heavy atom. The molecule has 1 aromatic carbocycles. The zero-order valence-corrected chi connectivity index (χ0v) is 16.2. The highest BCUT2D eigenvalue weighted by Crippen LogP contribution is 2.33. The van der Waals surface area contributed by atoms with Gasteiger partial charge in [0.25, 0.3) is 0 Å². The molecule has 1 fully saturated rings. The lowest BCUT2D eigenvalue weighted by Gasteiger charge is -2.14. The second-order valence-corrected chi connectivity index (χ2v) is 8.84. The summed E-state index contributed by atoms with van der Waals surface area (Å²) in [5.41, 5.74) is 3.21. The standard InChI is InChI=1S/C17H20N4O3S2/c1-9-15(10(2)24-20-9)11-7-13-16(19-17(25)18-13)14(8-11)26(22,23)21-12-5-3-4-6-12/h7-8,12,21H,3-6H2,1-2H3,(H2,18,19,25). The normalized spacial score (nSPS) is 16.0. The molecule has 2 aromatic heterocycles. The van der Waals surface area contributed by atoms with Crippen molar-refractivity contribution in [2.45, 2.75) is 55.6 Å². The number of nitrogens with zero attached hydrogens (tertiary/aromatic N) is 2. The number of fused-ring (bicyclic) bond motifs is 1. The van der Waals surface area contributed by atoms with Crippen molar-refractivity contribution in [3.63, 3.8) is 0 Å². The minimum absolute atomic E-state index is 0.0211. The monoisotopic (exact) mass is 392 g/mol. The Bertz CT molecular complexity index is 1060. The molecule has 3 aromatic rings. The van der Waals surface area contributed by atoms with Crippen LogP contribution in [0.4, 0.5) is 0 Å². The van der Waals surface area contributed by atoms with Gasteiger partial charge in [0.05, 0.1) is 11.2 Å². The molecule has 1 aliphatic rings. The summed E-state index contributed by atoms with van der Waals surface area (Å²) < 4.78 is 34.2. The van der Waals surface area contributed by atoms with Crippen LogP contribution in [0.2, 0.25) is 0 Å². The van der Waals surface area contributed by atoms with Crippen molar-refractivity contribution in [1.29, 1.82) is 0 Å². The lowest BCUT2D eigenvalue weighted by Crippen LogP contribution is -2.32. The number of nitrogens with one attached hydrogen (secondary N) is 2. The number of imidazole rings is 1. The van der Waals surface area contributed by atoms with Crippen LogP contribution in [-0.2, 0) is 10.0 Å². The first-order valence-electron chi connectivity index (χ1n) is 8.53. The SMILES string of the molecule is Cc1noc(C)c1-c1cc(S(=O)(=O)NC2CCCC2)c2nc(S)[nH]c2c1. The Hall–Kier alpha value is -1.84. The van der Waals surface area contributed by atoms with Gasteiger partial charge in [-0.3, -0.25) is 0 Å². The van der Waals surface area contributed by atoms with E-state index in [9.17, 15) is 8.42 Å². The van der Waals surface area contributed by atoms with Crippen molar-refractivity contribution in [2.75, 3.05) is 0 Å². The van der Waals surface area contributed by atoms with Crippen LogP contribution in [0, 0.1) is 13.8 Å². The first-order valence-corrected chi connectivity index (χ1v) is 10.5. The number of rotatable bonds is 4. The van der Waals surface area contributed by atoms with Crippen LogP contribution in [0.15, 0.2) is 26.7 Å². The van der Waals surface area contributed by atoms with E-state index in [2.05, 4.69) is 32.5 Å². The molecule has 1 aliphatic carbocycles. The van der Waals surface area contributed by atoms with Gasteiger partial charge >= 0.3 is 0 Å². The first-order chi connectivity index (χ1) is 12.3. The van der Waals surface area contributed by atoms with E-state index in [1.807, 2.05) is 19.9 Å². The number of benzene rings is 1. The minimum atomic E-state index is -3.71. The highest BCUT2D eigenvalue weighted by Gasteiger charge is 2.27. The minimum Gasteiger partial charge on any atom is -0.361 e. The van der Waals surface area contributed by atoms with E-state index in [0.29, 0.717) is 27.6 Å². The molecule has 0 amide bonds. The summed E-state index contributed by atoms with van der Waals surface area (Å²) in [5, 5.41) is 4.34. The molecule has 0 atom stereocenters. The van der Waals surface area contributed by atoms with Crippen molar-refractivity contribution in [1.82, 2.24) is 19.8 Å². The van der Waals surface area contributed by atoms with Crippen LogP contribution in [0.1, 0.15) is 37.1 Å². The van der Waals surface area contributed by atoms with E-state index >= 15 is 0 Å². The van der Waals surface area contributed by atoms with Gasteiger partial charge in [-0.25, -0.2) is 18.1 Å². The summed E-state index contributed by atoms with van der Waals surface area (Å²) in [6, 6.07) is 3.47. The van der Waals surface area contributed by atoms with Crippen molar-refractivity contribution >= 4 is 33.7 Å². The first kappa shape index (κ1) is 17.6. The summed E-state index contributed by atoms with van der Waals surface area (Å²) in [7, 11) is -3.71. The molecular formula is C17H20N4O3S2. The maximum Gasteiger partial charge on any atom is 0.243 e. The Balaban J connectivity index is 1.90. The largest absolute Gasteiger partial charge is 0.361 e. The molecule has 26 heavy (non-hydrogen) atoms. The number of sulfonamides is 1. The van der Waals surface area contributed by atoms with Crippen LogP contribution in [-0.4, -0.2) is 29.6 Å². The van der Waals surface area contributed by atoms with Crippen molar-refractivity contribution < 1.29 is 12.9 Å². The van der Waals surface area contributed by atoms with Crippen molar-refractivity contribution in [2.24, 2.45) is 0 Å². The number of aryl methyl sites for hydroxylation is 2. The number of H-pyrrole nitrogens is 1. The molecule has 138 valence electrons. The number of thiol groups is 1. The van der Waals surface area contributed by atoms with E-state index in [0.717, 1.165) is 36.8 Å². The predicted molar refractivity (Wildman–Crippen MR) is 101 cm³/mol. The average molecular weight is 393 g/mol. The van der Waals surface area contributed by atoms with Crippen LogP contribution in [0.25, 0.3) is 22.2 Å². The van der Waals surface area contributed by atoms with E-state index in [1.54, 1.807) is 6.07 Å². The van der Waals surface area contributed by atoms with Gasteiger partial charge < -0.3 is 9.51 Å². The van der Waals surface area contributed by atoms with Gasteiger partial charge in [-0.15, -0.1) is 12.6 Å². The number of hydrogen-bond acceptors (Lipinski definition) is 6. The summed E-state index contributed by atoms with van der Waals surface area (Å²) in [5.74, 6) is 0.638. The third kappa shape index (κ3) is 3.04. The molecule has 2 heterocycles. The van der Waals surface area contributed by atoms with E-state index < -0.39 is 10.0 Å². The zero-order chi connectivity index (χ0) is 18.5. The molecule has 9 heteroatoms. The van der Waals surface area contributed by atoms with E-state index in [1.165, 1.54) is 0 Å². The molecule has 1 saturated carbocycles. The van der Waals surface area contributed by atoms with Crippen LogP contribution in [0.5, 0.6) is 0 Å². The van der Waals surface area contributed by atoms with Crippen LogP contribution in [0.3, 0.4) is 0 Å². The fourth-order valence-electron chi connectivity index (χ4n) is 3.64. The maximum absolute atomic E-state index is 13.1. The Kier molecular flexibility index (Phi) is 4.32. The maximum atomic E-state index is 13.1. The molecule has 0 bridgehead atoms. The predicted octanol–water partition coefficient (Wildman–Crippen LogP) is 3.34. The molecule has 0 spiro atoms. The third-order valence-corrected chi connectivity index (χ3v) is 6.57. The van der Waals surface area contributed by atoms with Crippen molar-refractivity contribution in [3.8, 4) is 11.1 Å².